The molecule has 0 saturated carbocycles. The number of hydrogen-bond donors (Lipinski definition) is 2. The normalized spacial score (nSPS) is 12.8. The minimum Gasteiger partial charge on any atom is -0.483 e. The van der Waals surface area contributed by atoms with Gasteiger partial charge in [0, 0.05) is 12.6 Å². The third-order valence-electron chi connectivity index (χ3n) is 2.70. The molecule has 0 aliphatic carbocycles. The van der Waals surface area contributed by atoms with Gasteiger partial charge in [0.1, 0.15) is 5.75 Å². The lowest BCUT2D eigenvalue weighted by Gasteiger charge is -2.19. The van der Waals surface area contributed by atoms with Gasteiger partial charge in [0.05, 0.1) is 12.3 Å². The largest absolute Gasteiger partial charge is 0.483 e. The fourth-order valence-corrected chi connectivity index (χ4v) is 2.55. The highest BCUT2D eigenvalue weighted by atomic mass is 32.2. The Bertz CT molecular complexity index is 557. The van der Waals surface area contributed by atoms with Crippen LogP contribution < -0.4 is 14.8 Å². The Balaban J connectivity index is 2.95. The summed E-state index contributed by atoms with van der Waals surface area (Å²) in [5, 5.41) is 2.46. The van der Waals surface area contributed by atoms with Crippen molar-refractivity contribution in [3.63, 3.8) is 0 Å². The van der Waals surface area contributed by atoms with Crippen LogP contribution in [0.1, 0.15) is 24.9 Å². The Kier molecular flexibility index (Phi) is 5.97. The van der Waals surface area contributed by atoms with Gasteiger partial charge in [-0.1, -0.05) is 25.1 Å². The van der Waals surface area contributed by atoms with E-state index < -0.39 is 10.0 Å². The summed E-state index contributed by atoms with van der Waals surface area (Å²) < 4.78 is 30.8. The molecule has 20 heavy (non-hydrogen) atoms. The first-order valence-electron chi connectivity index (χ1n) is 6.27. The van der Waals surface area contributed by atoms with Crippen LogP contribution in [0.15, 0.2) is 24.3 Å². The summed E-state index contributed by atoms with van der Waals surface area (Å²) in [7, 11) is -1.80. The number of likely N-dealkylation sites (N-methyl/N-ethyl adjacent to an activating group) is 1. The first kappa shape index (κ1) is 16.5. The number of rotatable bonds is 7. The summed E-state index contributed by atoms with van der Waals surface area (Å²) in [5.74, 6) is 0.253. The molecule has 0 bridgehead atoms. The molecule has 1 rings (SSSR count). The van der Waals surface area contributed by atoms with Crippen molar-refractivity contribution >= 4 is 15.9 Å². The number of benzene rings is 1. The summed E-state index contributed by atoms with van der Waals surface area (Å²) >= 11 is 0. The van der Waals surface area contributed by atoms with Gasteiger partial charge < -0.3 is 10.1 Å². The van der Waals surface area contributed by atoms with Gasteiger partial charge in [-0.2, -0.15) is 0 Å². The number of nitrogens with one attached hydrogen (secondary N) is 2. The van der Waals surface area contributed by atoms with Crippen LogP contribution in [0.25, 0.3) is 0 Å². The van der Waals surface area contributed by atoms with Crippen LogP contribution in [-0.2, 0) is 14.8 Å². The van der Waals surface area contributed by atoms with Crippen molar-refractivity contribution in [1.29, 1.82) is 0 Å². The minimum atomic E-state index is -3.32. The SMILES string of the molecule is CC[C@H](NS(C)(=O)=O)c1ccccc1OCC(=O)NC. The lowest BCUT2D eigenvalue weighted by molar-refractivity contribution is -0.122. The molecule has 0 aromatic heterocycles. The minimum absolute atomic E-state index is 0.108. The van der Waals surface area contributed by atoms with Crippen molar-refractivity contribution in [2.45, 2.75) is 19.4 Å². The summed E-state index contributed by atoms with van der Waals surface area (Å²) in [5.41, 5.74) is 0.712. The maximum atomic E-state index is 11.4. The van der Waals surface area contributed by atoms with Gasteiger partial charge in [0.2, 0.25) is 10.0 Å². The Labute approximate surface area is 119 Å². The first-order chi connectivity index (χ1) is 9.37. The molecule has 1 amide bonds. The highest BCUT2D eigenvalue weighted by molar-refractivity contribution is 7.88. The number of para-hydroxylation sites is 1. The van der Waals surface area contributed by atoms with Crippen molar-refractivity contribution in [2.75, 3.05) is 19.9 Å². The van der Waals surface area contributed by atoms with E-state index in [-0.39, 0.29) is 18.6 Å². The van der Waals surface area contributed by atoms with Crippen molar-refractivity contribution < 1.29 is 17.9 Å². The Morgan fingerprint density at radius 2 is 2.00 bits per heavy atom. The molecule has 0 heterocycles. The van der Waals surface area contributed by atoms with E-state index in [1.54, 1.807) is 24.3 Å². The summed E-state index contributed by atoms with van der Waals surface area (Å²) in [4.78, 5) is 11.2. The van der Waals surface area contributed by atoms with E-state index in [0.29, 0.717) is 17.7 Å². The molecular weight excluding hydrogens is 280 g/mol. The second kappa shape index (κ2) is 7.25. The van der Waals surface area contributed by atoms with Gasteiger partial charge in [-0.3, -0.25) is 4.79 Å². The zero-order valence-corrected chi connectivity index (χ0v) is 12.7. The second-order valence-corrected chi connectivity index (χ2v) is 6.13. The van der Waals surface area contributed by atoms with Gasteiger partial charge in [0.15, 0.2) is 6.61 Å². The Morgan fingerprint density at radius 1 is 1.35 bits per heavy atom. The average molecular weight is 300 g/mol. The Hall–Kier alpha value is -1.60. The Morgan fingerprint density at radius 3 is 2.55 bits per heavy atom. The molecule has 0 spiro atoms. The summed E-state index contributed by atoms with van der Waals surface area (Å²) in [6.45, 7) is 1.77. The van der Waals surface area contributed by atoms with Gasteiger partial charge in [-0.15, -0.1) is 0 Å². The molecule has 0 saturated heterocycles. The lowest BCUT2D eigenvalue weighted by Crippen LogP contribution is -2.28. The third kappa shape index (κ3) is 5.18. The number of sulfonamides is 1. The smallest absolute Gasteiger partial charge is 0.257 e. The van der Waals surface area contributed by atoms with Crippen LogP contribution in [0.2, 0.25) is 0 Å². The summed E-state index contributed by atoms with van der Waals surface area (Å²) in [6, 6.07) is 6.69. The van der Waals surface area contributed by atoms with Crippen molar-refractivity contribution in [1.82, 2.24) is 10.0 Å². The van der Waals surface area contributed by atoms with Crippen LogP contribution in [0.5, 0.6) is 5.75 Å². The third-order valence-corrected chi connectivity index (χ3v) is 3.41. The standard InChI is InChI=1S/C13H20N2O4S/c1-4-11(15-20(3,17)18)10-7-5-6-8-12(10)19-9-13(16)14-2/h5-8,11,15H,4,9H2,1-3H3,(H,14,16)/t11-/m0/s1. The van der Waals surface area contributed by atoms with E-state index in [4.69, 9.17) is 4.74 Å². The van der Waals surface area contributed by atoms with Gasteiger partial charge in [-0.25, -0.2) is 13.1 Å². The quantitative estimate of drug-likeness (QED) is 0.780. The van der Waals surface area contributed by atoms with E-state index in [9.17, 15) is 13.2 Å². The van der Waals surface area contributed by atoms with Crippen molar-refractivity contribution in [2.24, 2.45) is 0 Å². The number of hydrogen-bond acceptors (Lipinski definition) is 4. The molecule has 7 heteroatoms. The van der Waals surface area contributed by atoms with Crippen LogP contribution in [0, 0.1) is 0 Å². The molecule has 0 unspecified atom stereocenters. The average Bonchev–Trinajstić information content (AvgIpc) is 2.41. The molecule has 0 radical (unpaired) electrons. The number of ether oxygens (including phenoxy) is 1. The number of carbonyl (C=O) groups is 1. The van der Waals surface area contributed by atoms with Crippen LogP contribution >= 0.6 is 0 Å². The maximum absolute atomic E-state index is 11.4. The monoisotopic (exact) mass is 300 g/mol. The molecule has 6 nitrogen and oxygen atoms in total. The van der Waals surface area contributed by atoms with Gasteiger partial charge in [-0.05, 0) is 12.5 Å². The molecule has 0 aliphatic rings. The van der Waals surface area contributed by atoms with Crippen molar-refractivity contribution in [3.8, 4) is 5.75 Å². The lowest BCUT2D eigenvalue weighted by atomic mass is 10.0. The maximum Gasteiger partial charge on any atom is 0.257 e. The predicted octanol–water partition coefficient (Wildman–Crippen LogP) is 0.812. The molecule has 1 aromatic rings. The van der Waals surface area contributed by atoms with Gasteiger partial charge in [0.25, 0.3) is 5.91 Å². The fraction of sp³-hybridized carbons (Fsp3) is 0.462. The van der Waals surface area contributed by atoms with Crippen molar-refractivity contribution in [3.05, 3.63) is 29.8 Å². The molecule has 1 aromatic carbocycles. The van der Waals surface area contributed by atoms with Gasteiger partial charge >= 0.3 is 0 Å². The zero-order chi connectivity index (χ0) is 15.2. The van der Waals surface area contributed by atoms with E-state index in [1.807, 2.05) is 6.92 Å². The van der Waals surface area contributed by atoms with Crippen LogP contribution in [0.4, 0.5) is 0 Å². The first-order valence-corrected chi connectivity index (χ1v) is 8.16. The molecule has 0 aliphatic heterocycles. The fourth-order valence-electron chi connectivity index (χ4n) is 1.74. The molecule has 0 fully saturated rings. The number of carbonyl (C=O) groups excluding carboxylic acids is 1. The van der Waals surface area contributed by atoms with E-state index >= 15 is 0 Å². The molecule has 1 atom stereocenters. The van der Waals surface area contributed by atoms with Crippen LogP contribution in [-0.4, -0.2) is 34.2 Å². The van der Waals surface area contributed by atoms with E-state index in [0.717, 1.165) is 6.26 Å². The highest BCUT2D eigenvalue weighted by Gasteiger charge is 2.18. The predicted molar refractivity (Wildman–Crippen MR) is 77.0 cm³/mol. The molecule has 112 valence electrons. The van der Waals surface area contributed by atoms with E-state index in [2.05, 4.69) is 10.0 Å². The second-order valence-electron chi connectivity index (χ2n) is 4.35. The molecular formula is C13H20N2O4S. The summed E-state index contributed by atoms with van der Waals surface area (Å²) in [6.07, 6.45) is 1.69. The van der Waals surface area contributed by atoms with Crippen LogP contribution in [0.3, 0.4) is 0 Å². The topological polar surface area (TPSA) is 84.5 Å². The zero-order valence-electron chi connectivity index (χ0n) is 11.8. The number of amides is 1. The van der Waals surface area contributed by atoms with E-state index in [1.165, 1.54) is 7.05 Å². The molecule has 2 N–H and O–H groups in total. The highest BCUT2D eigenvalue weighted by Crippen LogP contribution is 2.27.